The first-order valence-corrected chi connectivity index (χ1v) is 5.57. The van der Waals surface area contributed by atoms with Gasteiger partial charge in [0, 0.05) is 11.4 Å². The SMILES string of the molecule is Cc1cncc(Nc2c(C(=O)N=O)ccc(F)c2F)c1. The average Bonchev–Trinajstić information content (AvgIpc) is 2.43. The van der Waals surface area contributed by atoms with E-state index in [1.165, 1.54) is 6.20 Å². The summed E-state index contributed by atoms with van der Waals surface area (Å²) in [6.07, 6.45) is 2.95. The van der Waals surface area contributed by atoms with Crippen LogP contribution in [0, 0.1) is 23.5 Å². The first-order valence-electron chi connectivity index (χ1n) is 5.57. The standard InChI is InChI=1S/C13H9F2N3O2/c1-7-4-8(6-16-5-7)17-12-9(13(19)18-20)2-3-10(14)11(12)15/h2-6,17H,1H3. The molecule has 0 aliphatic rings. The Morgan fingerprint density at radius 1 is 1.30 bits per heavy atom. The molecule has 0 aliphatic carbocycles. The third-order valence-electron chi connectivity index (χ3n) is 2.55. The van der Waals surface area contributed by atoms with E-state index in [9.17, 15) is 18.5 Å². The molecule has 2 rings (SSSR count). The van der Waals surface area contributed by atoms with Crippen LogP contribution in [0.2, 0.25) is 0 Å². The van der Waals surface area contributed by atoms with Crippen molar-refractivity contribution in [3.63, 3.8) is 0 Å². The maximum Gasteiger partial charge on any atom is 0.318 e. The molecule has 7 heteroatoms. The van der Waals surface area contributed by atoms with E-state index < -0.39 is 23.2 Å². The lowest BCUT2D eigenvalue weighted by molar-refractivity contribution is 0.100. The van der Waals surface area contributed by atoms with Gasteiger partial charge in [-0.15, -0.1) is 4.91 Å². The molecule has 0 radical (unpaired) electrons. The quantitative estimate of drug-likeness (QED) is 0.873. The van der Waals surface area contributed by atoms with Crippen LogP contribution in [0.1, 0.15) is 15.9 Å². The maximum absolute atomic E-state index is 13.8. The number of nitrogens with one attached hydrogen (secondary N) is 1. The number of halogens is 2. The van der Waals surface area contributed by atoms with Crippen LogP contribution in [0.4, 0.5) is 20.2 Å². The largest absolute Gasteiger partial charge is 0.351 e. The highest BCUT2D eigenvalue weighted by molar-refractivity contribution is 6.00. The van der Waals surface area contributed by atoms with Gasteiger partial charge < -0.3 is 5.32 Å². The summed E-state index contributed by atoms with van der Waals surface area (Å²) in [5, 5.41) is 4.76. The number of benzene rings is 1. The molecule has 1 heterocycles. The average molecular weight is 277 g/mol. The van der Waals surface area contributed by atoms with Crippen molar-refractivity contribution >= 4 is 17.3 Å². The smallest absolute Gasteiger partial charge is 0.318 e. The fraction of sp³-hybridized carbons (Fsp3) is 0.0769. The monoisotopic (exact) mass is 277 g/mol. The predicted molar refractivity (Wildman–Crippen MR) is 68.7 cm³/mol. The normalized spacial score (nSPS) is 10.2. The third kappa shape index (κ3) is 2.66. The van der Waals surface area contributed by atoms with Crippen molar-refractivity contribution in [3.8, 4) is 0 Å². The Balaban J connectivity index is 2.51. The zero-order chi connectivity index (χ0) is 14.7. The van der Waals surface area contributed by atoms with Crippen LogP contribution in [0.25, 0.3) is 0 Å². The summed E-state index contributed by atoms with van der Waals surface area (Å²) >= 11 is 0. The topological polar surface area (TPSA) is 71.4 Å². The maximum atomic E-state index is 13.8. The Morgan fingerprint density at radius 2 is 2.05 bits per heavy atom. The molecule has 0 unspecified atom stereocenters. The van der Waals surface area contributed by atoms with Crippen molar-refractivity contribution < 1.29 is 13.6 Å². The third-order valence-corrected chi connectivity index (χ3v) is 2.55. The number of nitrogens with zero attached hydrogens (tertiary/aromatic N) is 2. The molecule has 0 bridgehead atoms. The van der Waals surface area contributed by atoms with Gasteiger partial charge in [-0.25, -0.2) is 8.78 Å². The van der Waals surface area contributed by atoms with Crippen molar-refractivity contribution in [2.24, 2.45) is 5.18 Å². The van der Waals surface area contributed by atoms with E-state index in [-0.39, 0.29) is 5.56 Å². The molecule has 1 N–H and O–H groups in total. The second kappa shape index (κ2) is 5.52. The van der Waals surface area contributed by atoms with Crippen molar-refractivity contribution in [2.45, 2.75) is 6.92 Å². The lowest BCUT2D eigenvalue weighted by Crippen LogP contribution is -2.05. The number of rotatable bonds is 3. The number of hydrogen-bond acceptors (Lipinski definition) is 4. The zero-order valence-electron chi connectivity index (χ0n) is 10.4. The molecule has 0 atom stereocenters. The van der Waals surface area contributed by atoms with Crippen molar-refractivity contribution in [2.75, 3.05) is 5.32 Å². The van der Waals surface area contributed by atoms with E-state index >= 15 is 0 Å². The van der Waals surface area contributed by atoms with Crippen LogP contribution in [-0.4, -0.2) is 10.9 Å². The van der Waals surface area contributed by atoms with E-state index in [0.717, 1.165) is 17.7 Å². The predicted octanol–water partition coefficient (Wildman–Crippen LogP) is 3.32. The van der Waals surface area contributed by atoms with Crippen LogP contribution < -0.4 is 5.32 Å². The lowest BCUT2D eigenvalue weighted by atomic mass is 10.1. The molecular weight excluding hydrogens is 268 g/mol. The summed E-state index contributed by atoms with van der Waals surface area (Å²) in [6.45, 7) is 1.76. The summed E-state index contributed by atoms with van der Waals surface area (Å²) in [7, 11) is 0. The highest BCUT2D eigenvalue weighted by Gasteiger charge is 2.19. The summed E-state index contributed by atoms with van der Waals surface area (Å²) in [5.74, 6) is -3.59. The molecule has 1 aromatic carbocycles. The van der Waals surface area contributed by atoms with E-state index in [4.69, 9.17) is 0 Å². The first kappa shape index (κ1) is 13.7. The second-order valence-corrected chi connectivity index (χ2v) is 4.06. The fourth-order valence-corrected chi connectivity index (χ4v) is 1.67. The fourth-order valence-electron chi connectivity index (χ4n) is 1.67. The number of aromatic nitrogens is 1. The molecule has 0 aliphatic heterocycles. The molecule has 20 heavy (non-hydrogen) atoms. The Bertz CT molecular complexity index is 689. The number of hydrogen-bond donors (Lipinski definition) is 1. The number of amides is 1. The number of anilines is 2. The Kier molecular flexibility index (Phi) is 3.79. The van der Waals surface area contributed by atoms with Crippen LogP contribution in [-0.2, 0) is 0 Å². The van der Waals surface area contributed by atoms with Gasteiger partial charge in [0.2, 0.25) is 0 Å². The number of pyridine rings is 1. The molecule has 0 saturated heterocycles. The van der Waals surface area contributed by atoms with Gasteiger partial charge in [-0.3, -0.25) is 9.78 Å². The molecule has 1 aromatic heterocycles. The van der Waals surface area contributed by atoms with Gasteiger partial charge in [0.05, 0.1) is 23.1 Å². The summed E-state index contributed by atoms with van der Waals surface area (Å²) in [5.41, 5.74) is 0.352. The Morgan fingerprint density at radius 3 is 2.70 bits per heavy atom. The van der Waals surface area contributed by atoms with Gasteiger partial charge in [0.15, 0.2) is 11.6 Å². The van der Waals surface area contributed by atoms with Crippen LogP contribution in [0.3, 0.4) is 0 Å². The van der Waals surface area contributed by atoms with Gasteiger partial charge in [0.25, 0.3) is 0 Å². The van der Waals surface area contributed by atoms with E-state index in [2.05, 4.69) is 15.5 Å². The van der Waals surface area contributed by atoms with Gasteiger partial charge in [-0.05, 0) is 30.7 Å². The zero-order valence-corrected chi connectivity index (χ0v) is 10.4. The lowest BCUT2D eigenvalue weighted by Gasteiger charge is -2.11. The minimum atomic E-state index is -1.26. The molecule has 102 valence electrons. The summed E-state index contributed by atoms with van der Waals surface area (Å²) in [4.78, 5) is 25.5. The molecule has 5 nitrogen and oxygen atoms in total. The van der Waals surface area contributed by atoms with Crippen LogP contribution >= 0.6 is 0 Å². The van der Waals surface area contributed by atoms with E-state index in [1.54, 1.807) is 19.2 Å². The number of aryl methyl sites for hydroxylation is 1. The number of carbonyl (C=O) groups excluding carboxylic acids is 1. The van der Waals surface area contributed by atoms with Gasteiger partial charge >= 0.3 is 5.91 Å². The molecule has 1 amide bonds. The minimum Gasteiger partial charge on any atom is -0.351 e. The van der Waals surface area contributed by atoms with Gasteiger partial charge in [-0.2, -0.15) is 0 Å². The van der Waals surface area contributed by atoms with Crippen molar-refractivity contribution in [1.29, 1.82) is 0 Å². The van der Waals surface area contributed by atoms with Crippen LogP contribution in [0.5, 0.6) is 0 Å². The summed E-state index contributed by atoms with van der Waals surface area (Å²) in [6, 6.07) is 3.38. The number of carbonyl (C=O) groups is 1. The Labute approximate surface area is 112 Å². The molecular formula is C13H9F2N3O2. The molecule has 0 saturated carbocycles. The molecule has 0 fully saturated rings. The van der Waals surface area contributed by atoms with E-state index in [0.29, 0.717) is 5.69 Å². The summed E-state index contributed by atoms with van der Waals surface area (Å²) < 4.78 is 27.0. The van der Waals surface area contributed by atoms with Crippen LogP contribution in [0.15, 0.2) is 35.8 Å². The van der Waals surface area contributed by atoms with Gasteiger partial charge in [0.1, 0.15) is 0 Å². The highest BCUT2D eigenvalue weighted by Crippen LogP contribution is 2.27. The van der Waals surface area contributed by atoms with Crippen molar-refractivity contribution in [3.05, 3.63) is 58.3 Å². The molecule has 2 aromatic rings. The van der Waals surface area contributed by atoms with Crippen molar-refractivity contribution in [1.82, 2.24) is 4.98 Å². The number of nitroso groups, excluding NO2 is 1. The highest BCUT2D eigenvalue weighted by atomic mass is 19.2. The first-order chi connectivity index (χ1) is 9.52. The Hall–Kier alpha value is -2.70. The second-order valence-electron chi connectivity index (χ2n) is 4.06. The van der Waals surface area contributed by atoms with E-state index in [1.807, 2.05) is 0 Å². The molecule has 0 spiro atoms. The minimum absolute atomic E-state index is 0.347. The van der Waals surface area contributed by atoms with Gasteiger partial charge in [-0.1, -0.05) is 0 Å².